The summed E-state index contributed by atoms with van der Waals surface area (Å²) in [6.07, 6.45) is 0.788. The standard InChI is InChI=1S/C11H14O/c1-7-3-4-9-6-8(2)11(12)10(9)5-7/h3-5,8,11-12H,6H2,1-2H3/t8-,11-/m1/s1. The van der Waals surface area contributed by atoms with Crippen molar-refractivity contribution >= 4 is 0 Å². The molecule has 2 rings (SSSR count). The van der Waals surface area contributed by atoms with Crippen LogP contribution in [-0.2, 0) is 6.42 Å². The molecule has 0 heterocycles. The Kier molecular flexibility index (Phi) is 1.69. The first kappa shape index (κ1) is 7.81. The molecule has 0 amide bonds. The molecule has 0 radical (unpaired) electrons. The van der Waals surface area contributed by atoms with Crippen LogP contribution in [0.15, 0.2) is 18.2 Å². The number of aliphatic hydroxyl groups is 1. The fraction of sp³-hybridized carbons (Fsp3) is 0.455. The van der Waals surface area contributed by atoms with Crippen LogP contribution in [0.5, 0.6) is 0 Å². The van der Waals surface area contributed by atoms with E-state index in [1.54, 1.807) is 0 Å². The van der Waals surface area contributed by atoms with Crippen LogP contribution in [0.25, 0.3) is 0 Å². The molecule has 0 saturated carbocycles. The molecule has 1 aromatic carbocycles. The maximum absolute atomic E-state index is 9.77. The van der Waals surface area contributed by atoms with E-state index in [1.165, 1.54) is 11.1 Å². The molecule has 0 bridgehead atoms. The smallest absolute Gasteiger partial charge is 0.0821 e. The Bertz CT molecular complexity index is 304. The Hall–Kier alpha value is -0.820. The summed E-state index contributed by atoms with van der Waals surface area (Å²) >= 11 is 0. The van der Waals surface area contributed by atoms with E-state index >= 15 is 0 Å². The van der Waals surface area contributed by atoms with Gasteiger partial charge in [0.2, 0.25) is 0 Å². The van der Waals surface area contributed by atoms with Gasteiger partial charge in [0.1, 0.15) is 0 Å². The average Bonchev–Trinajstić information content (AvgIpc) is 2.31. The van der Waals surface area contributed by atoms with Gasteiger partial charge in [-0.1, -0.05) is 30.7 Å². The zero-order chi connectivity index (χ0) is 8.72. The quantitative estimate of drug-likeness (QED) is 0.620. The van der Waals surface area contributed by atoms with E-state index < -0.39 is 0 Å². The molecule has 1 aliphatic rings. The topological polar surface area (TPSA) is 20.2 Å². The van der Waals surface area contributed by atoms with Gasteiger partial charge in [-0.15, -0.1) is 0 Å². The summed E-state index contributed by atoms with van der Waals surface area (Å²) < 4.78 is 0. The van der Waals surface area contributed by atoms with Crippen LogP contribution in [0.2, 0.25) is 0 Å². The molecule has 1 nitrogen and oxygen atoms in total. The zero-order valence-corrected chi connectivity index (χ0v) is 7.54. The Morgan fingerprint density at radius 3 is 2.92 bits per heavy atom. The fourth-order valence-electron chi connectivity index (χ4n) is 1.94. The van der Waals surface area contributed by atoms with Crippen molar-refractivity contribution in [2.24, 2.45) is 5.92 Å². The molecule has 0 aliphatic heterocycles. The van der Waals surface area contributed by atoms with Crippen molar-refractivity contribution in [3.8, 4) is 0 Å². The molecule has 1 aromatic rings. The SMILES string of the molecule is Cc1ccc2c(c1)[C@H](O)[C@H](C)C2. The fourth-order valence-corrected chi connectivity index (χ4v) is 1.94. The van der Waals surface area contributed by atoms with Crippen molar-refractivity contribution in [3.63, 3.8) is 0 Å². The van der Waals surface area contributed by atoms with Crippen molar-refractivity contribution < 1.29 is 5.11 Å². The second-order valence-electron chi connectivity index (χ2n) is 3.83. The maximum Gasteiger partial charge on any atom is 0.0821 e. The largest absolute Gasteiger partial charge is 0.388 e. The van der Waals surface area contributed by atoms with E-state index in [0.29, 0.717) is 5.92 Å². The highest BCUT2D eigenvalue weighted by atomic mass is 16.3. The maximum atomic E-state index is 9.77. The van der Waals surface area contributed by atoms with Crippen molar-refractivity contribution in [1.29, 1.82) is 0 Å². The van der Waals surface area contributed by atoms with E-state index in [0.717, 1.165) is 12.0 Å². The van der Waals surface area contributed by atoms with E-state index in [9.17, 15) is 5.11 Å². The molecular weight excluding hydrogens is 148 g/mol. The summed E-state index contributed by atoms with van der Waals surface area (Å²) in [6, 6.07) is 6.35. The summed E-state index contributed by atoms with van der Waals surface area (Å²) in [6.45, 7) is 4.16. The Morgan fingerprint density at radius 1 is 1.42 bits per heavy atom. The van der Waals surface area contributed by atoms with Crippen molar-refractivity contribution in [1.82, 2.24) is 0 Å². The van der Waals surface area contributed by atoms with Gasteiger partial charge in [-0.25, -0.2) is 0 Å². The van der Waals surface area contributed by atoms with E-state index in [1.807, 2.05) is 0 Å². The van der Waals surface area contributed by atoms with Crippen LogP contribution < -0.4 is 0 Å². The second-order valence-corrected chi connectivity index (χ2v) is 3.83. The van der Waals surface area contributed by atoms with Gasteiger partial charge in [0, 0.05) is 0 Å². The van der Waals surface area contributed by atoms with Gasteiger partial charge >= 0.3 is 0 Å². The third kappa shape index (κ3) is 1.05. The van der Waals surface area contributed by atoms with Crippen LogP contribution in [0, 0.1) is 12.8 Å². The molecule has 12 heavy (non-hydrogen) atoms. The number of hydrogen-bond acceptors (Lipinski definition) is 1. The Labute approximate surface area is 73.0 Å². The normalized spacial score (nSPS) is 27.2. The first-order valence-corrected chi connectivity index (χ1v) is 4.46. The summed E-state index contributed by atoms with van der Waals surface area (Å²) in [5, 5.41) is 9.77. The molecular formula is C11H14O. The van der Waals surface area contributed by atoms with E-state index in [4.69, 9.17) is 0 Å². The molecule has 64 valence electrons. The molecule has 1 aliphatic carbocycles. The summed E-state index contributed by atoms with van der Waals surface area (Å²) in [5.74, 6) is 0.391. The number of hydrogen-bond donors (Lipinski definition) is 1. The van der Waals surface area contributed by atoms with Crippen LogP contribution in [-0.4, -0.2) is 5.11 Å². The van der Waals surface area contributed by atoms with Gasteiger partial charge < -0.3 is 5.11 Å². The Balaban J connectivity index is 2.48. The lowest BCUT2D eigenvalue weighted by Crippen LogP contribution is -2.01. The summed E-state index contributed by atoms with van der Waals surface area (Å²) in [7, 11) is 0. The number of aryl methyl sites for hydroxylation is 1. The monoisotopic (exact) mass is 162 g/mol. The predicted molar refractivity (Wildman–Crippen MR) is 49.0 cm³/mol. The molecule has 0 saturated heterocycles. The molecule has 2 atom stereocenters. The highest BCUT2D eigenvalue weighted by Gasteiger charge is 2.26. The molecule has 1 N–H and O–H groups in total. The first-order valence-electron chi connectivity index (χ1n) is 4.46. The lowest BCUT2D eigenvalue weighted by molar-refractivity contribution is 0.133. The minimum atomic E-state index is -0.236. The lowest BCUT2D eigenvalue weighted by Gasteiger charge is -2.08. The third-order valence-corrected chi connectivity index (χ3v) is 2.70. The Morgan fingerprint density at radius 2 is 2.17 bits per heavy atom. The highest BCUT2D eigenvalue weighted by Crippen LogP contribution is 2.35. The van der Waals surface area contributed by atoms with Crippen LogP contribution in [0.1, 0.15) is 29.7 Å². The number of aliphatic hydroxyl groups excluding tert-OH is 1. The van der Waals surface area contributed by atoms with Gasteiger partial charge in [0.15, 0.2) is 0 Å². The molecule has 0 spiro atoms. The molecule has 0 fully saturated rings. The lowest BCUT2D eigenvalue weighted by atomic mass is 10.1. The van der Waals surface area contributed by atoms with E-state index in [2.05, 4.69) is 32.0 Å². The van der Waals surface area contributed by atoms with Crippen LogP contribution in [0.4, 0.5) is 0 Å². The number of benzene rings is 1. The highest BCUT2D eigenvalue weighted by molar-refractivity contribution is 5.37. The van der Waals surface area contributed by atoms with Crippen molar-refractivity contribution in [2.75, 3.05) is 0 Å². The molecule has 1 heteroatoms. The van der Waals surface area contributed by atoms with Crippen LogP contribution in [0.3, 0.4) is 0 Å². The average molecular weight is 162 g/mol. The summed E-state index contributed by atoms with van der Waals surface area (Å²) in [5.41, 5.74) is 3.70. The molecule has 0 unspecified atom stereocenters. The van der Waals surface area contributed by atoms with Crippen molar-refractivity contribution in [3.05, 3.63) is 34.9 Å². The first-order chi connectivity index (χ1) is 5.68. The minimum absolute atomic E-state index is 0.236. The third-order valence-electron chi connectivity index (χ3n) is 2.70. The van der Waals surface area contributed by atoms with Crippen molar-refractivity contribution in [2.45, 2.75) is 26.4 Å². The van der Waals surface area contributed by atoms with Gasteiger partial charge in [-0.3, -0.25) is 0 Å². The van der Waals surface area contributed by atoms with Gasteiger partial charge in [-0.05, 0) is 30.4 Å². The van der Waals surface area contributed by atoms with E-state index in [-0.39, 0.29) is 6.10 Å². The number of fused-ring (bicyclic) bond motifs is 1. The summed E-state index contributed by atoms with van der Waals surface area (Å²) in [4.78, 5) is 0. The van der Waals surface area contributed by atoms with Gasteiger partial charge in [-0.2, -0.15) is 0 Å². The van der Waals surface area contributed by atoms with Crippen LogP contribution >= 0.6 is 0 Å². The number of rotatable bonds is 0. The molecule has 0 aromatic heterocycles. The second kappa shape index (κ2) is 2.60. The predicted octanol–water partition coefficient (Wildman–Crippen LogP) is 2.22. The van der Waals surface area contributed by atoms with Gasteiger partial charge in [0.25, 0.3) is 0 Å². The minimum Gasteiger partial charge on any atom is -0.388 e. The van der Waals surface area contributed by atoms with Gasteiger partial charge in [0.05, 0.1) is 6.10 Å². The zero-order valence-electron chi connectivity index (χ0n) is 7.54.